The van der Waals surface area contributed by atoms with E-state index in [0.29, 0.717) is 6.04 Å². The second kappa shape index (κ2) is 10.8. The fraction of sp³-hybridized carbons (Fsp3) is 0.826. The molecule has 0 unspecified atom stereocenters. The number of nitrogens with one attached hydrogen (secondary N) is 2. The predicted molar refractivity (Wildman–Crippen MR) is 125 cm³/mol. The van der Waals surface area contributed by atoms with Crippen LogP contribution in [-0.2, 0) is 11.8 Å². The lowest BCUT2D eigenvalue weighted by atomic mass is 9.92. The van der Waals surface area contributed by atoms with Crippen LogP contribution in [0.4, 0.5) is 0 Å². The van der Waals surface area contributed by atoms with Crippen molar-refractivity contribution in [2.24, 2.45) is 4.99 Å². The Bertz CT molecular complexity index is 634. The van der Waals surface area contributed by atoms with E-state index in [1.54, 1.807) is 11.3 Å². The van der Waals surface area contributed by atoms with Crippen molar-refractivity contribution in [2.45, 2.75) is 96.6 Å². The molecule has 1 aliphatic heterocycles. The number of nitrogens with zero attached hydrogens (tertiary/aromatic N) is 3. The Kier molecular flexibility index (Phi) is 8.36. The van der Waals surface area contributed by atoms with Gasteiger partial charge in [0, 0.05) is 55.5 Å². The minimum Gasteiger partial charge on any atom is -0.357 e. The van der Waals surface area contributed by atoms with Crippen molar-refractivity contribution in [1.82, 2.24) is 20.5 Å². The minimum atomic E-state index is 0.126. The zero-order valence-corrected chi connectivity index (χ0v) is 19.8. The first kappa shape index (κ1) is 22.5. The highest BCUT2D eigenvalue weighted by molar-refractivity contribution is 7.09. The summed E-state index contributed by atoms with van der Waals surface area (Å²) in [5.74, 6) is 0.969. The van der Waals surface area contributed by atoms with E-state index in [-0.39, 0.29) is 5.41 Å². The molecule has 0 amide bonds. The number of hydrogen-bond acceptors (Lipinski definition) is 4. The van der Waals surface area contributed by atoms with Crippen molar-refractivity contribution < 1.29 is 0 Å². The van der Waals surface area contributed by atoms with Crippen LogP contribution in [0.3, 0.4) is 0 Å². The Labute approximate surface area is 181 Å². The van der Waals surface area contributed by atoms with Crippen LogP contribution in [0.25, 0.3) is 0 Å². The van der Waals surface area contributed by atoms with Gasteiger partial charge in [-0.05, 0) is 32.6 Å². The van der Waals surface area contributed by atoms with E-state index in [0.717, 1.165) is 31.5 Å². The molecule has 2 fully saturated rings. The molecule has 29 heavy (non-hydrogen) atoms. The zero-order chi connectivity index (χ0) is 20.7. The van der Waals surface area contributed by atoms with Gasteiger partial charge in [-0.25, -0.2) is 4.98 Å². The SMILES string of the molecule is CCNC(=NCCc1nc(C(C)(C)C)cs1)NC1CCN(C2CCCCC2)CC1. The first-order valence-electron chi connectivity index (χ1n) is 11.7. The maximum absolute atomic E-state index is 4.83. The summed E-state index contributed by atoms with van der Waals surface area (Å²) >= 11 is 1.76. The molecule has 6 heteroatoms. The Hall–Kier alpha value is -1.14. The van der Waals surface area contributed by atoms with Gasteiger partial charge in [0.05, 0.1) is 10.7 Å². The highest BCUT2D eigenvalue weighted by Crippen LogP contribution is 2.25. The van der Waals surface area contributed by atoms with Crippen molar-refractivity contribution in [3.8, 4) is 0 Å². The first-order valence-corrected chi connectivity index (χ1v) is 12.6. The topological polar surface area (TPSA) is 52.6 Å². The smallest absolute Gasteiger partial charge is 0.191 e. The predicted octanol–water partition coefficient (Wildman–Crippen LogP) is 4.34. The summed E-state index contributed by atoms with van der Waals surface area (Å²) < 4.78 is 0. The van der Waals surface area contributed by atoms with Gasteiger partial charge in [0.2, 0.25) is 0 Å². The van der Waals surface area contributed by atoms with Crippen LogP contribution in [0.5, 0.6) is 0 Å². The van der Waals surface area contributed by atoms with Gasteiger partial charge in [0.1, 0.15) is 0 Å². The minimum absolute atomic E-state index is 0.126. The van der Waals surface area contributed by atoms with Crippen molar-refractivity contribution in [3.05, 3.63) is 16.1 Å². The Morgan fingerprint density at radius 2 is 1.90 bits per heavy atom. The van der Waals surface area contributed by atoms with Crippen LogP contribution in [0.1, 0.15) is 83.3 Å². The quantitative estimate of drug-likeness (QED) is 0.532. The second-order valence-electron chi connectivity index (χ2n) is 9.63. The van der Waals surface area contributed by atoms with Gasteiger partial charge in [-0.2, -0.15) is 0 Å². The van der Waals surface area contributed by atoms with E-state index < -0.39 is 0 Å². The molecule has 0 aromatic carbocycles. The van der Waals surface area contributed by atoms with Crippen molar-refractivity contribution in [2.75, 3.05) is 26.2 Å². The van der Waals surface area contributed by atoms with E-state index in [4.69, 9.17) is 9.98 Å². The van der Waals surface area contributed by atoms with Gasteiger partial charge in [-0.15, -0.1) is 11.3 Å². The second-order valence-corrected chi connectivity index (χ2v) is 10.6. The van der Waals surface area contributed by atoms with Gasteiger partial charge >= 0.3 is 0 Å². The zero-order valence-electron chi connectivity index (χ0n) is 19.0. The average Bonchev–Trinajstić information content (AvgIpc) is 3.19. The first-order chi connectivity index (χ1) is 14.0. The fourth-order valence-corrected chi connectivity index (χ4v) is 5.42. The van der Waals surface area contributed by atoms with Crippen molar-refractivity contribution in [3.63, 3.8) is 0 Å². The molecule has 1 aliphatic carbocycles. The van der Waals surface area contributed by atoms with Crippen LogP contribution in [-0.4, -0.2) is 54.1 Å². The maximum Gasteiger partial charge on any atom is 0.191 e. The molecule has 3 rings (SSSR count). The lowest BCUT2D eigenvalue weighted by molar-refractivity contribution is 0.119. The Balaban J connectivity index is 1.45. The van der Waals surface area contributed by atoms with Gasteiger partial charge < -0.3 is 15.5 Å². The normalized spacial score (nSPS) is 20.8. The van der Waals surface area contributed by atoms with Gasteiger partial charge in [0.15, 0.2) is 5.96 Å². The third-order valence-corrected chi connectivity index (χ3v) is 7.13. The Morgan fingerprint density at radius 1 is 1.17 bits per heavy atom. The number of hydrogen-bond donors (Lipinski definition) is 2. The van der Waals surface area contributed by atoms with Crippen molar-refractivity contribution in [1.29, 1.82) is 0 Å². The number of piperidine rings is 1. The molecular weight excluding hydrogens is 378 g/mol. The lowest BCUT2D eigenvalue weighted by Gasteiger charge is -2.39. The van der Waals surface area contributed by atoms with E-state index in [1.165, 1.54) is 68.7 Å². The summed E-state index contributed by atoms with van der Waals surface area (Å²) in [4.78, 5) is 12.4. The van der Waals surface area contributed by atoms with Gasteiger partial charge in [-0.3, -0.25) is 4.99 Å². The molecule has 1 saturated heterocycles. The molecule has 1 aromatic rings. The third-order valence-electron chi connectivity index (χ3n) is 6.22. The highest BCUT2D eigenvalue weighted by Gasteiger charge is 2.26. The van der Waals surface area contributed by atoms with Crippen LogP contribution in [0.15, 0.2) is 10.4 Å². The van der Waals surface area contributed by atoms with E-state index >= 15 is 0 Å². The number of rotatable bonds is 6. The molecule has 2 heterocycles. The average molecular weight is 420 g/mol. The number of aliphatic imine (C=N–C) groups is 1. The number of likely N-dealkylation sites (tertiary alicyclic amines) is 1. The third kappa shape index (κ3) is 6.95. The number of guanidine groups is 1. The number of aromatic nitrogens is 1. The molecular formula is C23H41N5S. The van der Waals surface area contributed by atoms with E-state index in [2.05, 4.69) is 48.6 Å². The fourth-order valence-electron chi connectivity index (χ4n) is 4.40. The summed E-state index contributed by atoms with van der Waals surface area (Å²) in [7, 11) is 0. The van der Waals surface area contributed by atoms with Crippen LogP contribution < -0.4 is 10.6 Å². The standard InChI is InChI=1S/C23H41N5S/c1-5-24-22(25-14-11-21-27-20(17-29-21)23(2,3)4)26-18-12-15-28(16-13-18)19-9-7-6-8-10-19/h17-19H,5-16H2,1-4H3,(H2,24,25,26). The van der Waals surface area contributed by atoms with E-state index in [1.807, 2.05) is 0 Å². The Morgan fingerprint density at radius 3 is 2.52 bits per heavy atom. The summed E-state index contributed by atoms with van der Waals surface area (Å²) in [5, 5.41) is 10.5. The molecule has 2 N–H and O–H groups in total. The van der Waals surface area contributed by atoms with Crippen molar-refractivity contribution >= 4 is 17.3 Å². The lowest BCUT2D eigenvalue weighted by Crippen LogP contribution is -2.51. The largest absolute Gasteiger partial charge is 0.357 e. The molecule has 0 atom stereocenters. The summed E-state index contributed by atoms with van der Waals surface area (Å²) in [6.07, 6.45) is 10.5. The maximum atomic E-state index is 4.83. The molecule has 164 valence electrons. The molecule has 0 bridgehead atoms. The van der Waals surface area contributed by atoms with Crippen LogP contribution in [0, 0.1) is 0 Å². The molecule has 1 aromatic heterocycles. The monoisotopic (exact) mass is 419 g/mol. The van der Waals surface area contributed by atoms with Gasteiger partial charge in [0.25, 0.3) is 0 Å². The summed E-state index contributed by atoms with van der Waals surface area (Å²) in [5.41, 5.74) is 1.32. The highest BCUT2D eigenvalue weighted by atomic mass is 32.1. The number of thiazole rings is 1. The summed E-state index contributed by atoms with van der Waals surface area (Å²) in [6.45, 7) is 12.9. The molecule has 5 nitrogen and oxygen atoms in total. The molecule has 0 radical (unpaired) electrons. The van der Waals surface area contributed by atoms with Gasteiger partial charge in [-0.1, -0.05) is 40.0 Å². The van der Waals surface area contributed by atoms with E-state index in [9.17, 15) is 0 Å². The molecule has 1 saturated carbocycles. The molecule has 0 spiro atoms. The summed E-state index contributed by atoms with van der Waals surface area (Å²) in [6, 6.07) is 1.39. The van der Waals surface area contributed by atoms with Crippen LogP contribution in [0.2, 0.25) is 0 Å². The molecule has 2 aliphatic rings. The van der Waals surface area contributed by atoms with Crippen LogP contribution >= 0.6 is 11.3 Å².